The average molecular weight is 394 g/mol. The van der Waals surface area contributed by atoms with Crippen LogP contribution in [0.1, 0.15) is 5.69 Å². The van der Waals surface area contributed by atoms with Crippen LogP contribution in [0.15, 0.2) is 47.5 Å². The molecule has 0 aliphatic carbocycles. The number of nitrogens with one attached hydrogen (secondary N) is 2. The van der Waals surface area contributed by atoms with E-state index in [1.165, 1.54) is 0 Å². The number of benzene rings is 1. The first-order chi connectivity index (χ1) is 12.8. The van der Waals surface area contributed by atoms with Crippen LogP contribution in [0.3, 0.4) is 0 Å². The van der Waals surface area contributed by atoms with Crippen molar-refractivity contribution in [1.82, 2.24) is 24.7 Å². The van der Waals surface area contributed by atoms with E-state index in [-0.39, 0.29) is 13.1 Å². The molecule has 11 heteroatoms. The van der Waals surface area contributed by atoms with E-state index < -0.39 is 26.6 Å². The molecule has 27 heavy (non-hydrogen) atoms. The zero-order valence-corrected chi connectivity index (χ0v) is 15.0. The summed E-state index contributed by atoms with van der Waals surface area (Å²) in [5.41, 5.74) is 0.851. The molecule has 0 aliphatic heterocycles. The lowest BCUT2D eigenvalue weighted by Crippen LogP contribution is -2.29. The molecule has 3 rings (SSSR count). The lowest BCUT2D eigenvalue weighted by molar-refractivity contribution is 0.543. The second-order valence-corrected chi connectivity index (χ2v) is 7.31. The lowest BCUT2D eigenvalue weighted by Gasteiger charge is -2.09. The number of nitrogens with zero attached hydrogens (tertiary/aromatic N) is 4. The summed E-state index contributed by atoms with van der Waals surface area (Å²) in [6.07, 6.45) is 1.76. The fourth-order valence-corrected chi connectivity index (χ4v) is 3.32. The fourth-order valence-electron chi connectivity index (χ4n) is 2.23. The van der Waals surface area contributed by atoms with Gasteiger partial charge in [-0.25, -0.2) is 26.6 Å². The Morgan fingerprint density at radius 2 is 1.89 bits per heavy atom. The standard InChI is InChI=1S/C16H16F2N6O2S/c1-11-6-9-24(23-11)16-5-4-15(21-22-16)19-7-8-20-27(25,26)14-3-2-12(17)10-13(14)18/h2-6,9-10,20H,7-8H2,1H3,(H,19,21). The number of sulfonamides is 1. The molecular formula is C16H16F2N6O2S. The quantitative estimate of drug-likeness (QED) is 0.591. The minimum Gasteiger partial charge on any atom is -0.367 e. The highest BCUT2D eigenvalue weighted by molar-refractivity contribution is 7.89. The molecule has 2 heterocycles. The predicted molar refractivity (Wildman–Crippen MR) is 93.9 cm³/mol. The second-order valence-electron chi connectivity index (χ2n) is 5.58. The van der Waals surface area contributed by atoms with Crippen molar-refractivity contribution in [3.63, 3.8) is 0 Å². The number of halogens is 2. The molecular weight excluding hydrogens is 378 g/mol. The normalized spacial score (nSPS) is 11.5. The Morgan fingerprint density at radius 3 is 2.52 bits per heavy atom. The summed E-state index contributed by atoms with van der Waals surface area (Å²) in [7, 11) is -4.08. The van der Waals surface area contributed by atoms with Crippen LogP contribution in [-0.2, 0) is 10.0 Å². The maximum atomic E-state index is 13.6. The number of hydrogen-bond acceptors (Lipinski definition) is 6. The van der Waals surface area contributed by atoms with Gasteiger partial charge in [0.2, 0.25) is 10.0 Å². The third-order valence-corrected chi connectivity index (χ3v) is 5.01. The van der Waals surface area contributed by atoms with Crippen LogP contribution in [0.4, 0.5) is 14.6 Å². The number of anilines is 1. The third kappa shape index (κ3) is 4.63. The van der Waals surface area contributed by atoms with Crippen LogP contribution in [0.25, 0.3) is 5.82 Å². The molecule has 3 aromatic rings. The molecule has 2 N–H and O–H groups in total. The predicted octanol–water partition coefficient (Wildman–Crippen LogP) is 1.64. The Labute approximate surface area is 154 Å². The molecule has 2 aromatic heterocycles. The van der Waals surface area contributed by atoms with Crippen molar-refractivity contribution in [2.24, 2.45) is 0 Å². The Hall–Kier alpha value is -2.92. The molecule has 142 valence electrons. The zero-order chi connectivity index (χ0) is 19.4. The van der Waals surface area contributed by atoms with Gasteiger partial charge in [-0.1, -0.05) is 0 Å². The van der Waals surface area contributed by atoms with Gasteiger partial charge in [-0.3, -0.25) is 0 Å². The first-order valence-electron chi connectivity index (χ1n) is 7.90. The topological polar surface area (TPSA) is 102 Å². The average Bonchev–Trinajstić information content (AvgIpc) is 3.05. The van der Waals surface area contributed by atoms with Gasteiger partial charge < -0.3 is 5.32 Å². The molecule has 0 aliphatic rings. The highest BCUT2D eigenvalue weighted by Crippen LogP contribution is 2.15. The Bertz CT molecular complexity index is 1040. The molecule has 0 unspecified atom stereocenters. The van der Waals surface area contributed by atoms with E-state index in [1.54, 1.807) is 23.0 Å². The van der Waals surface area contributed by atoms with Crippen LogP contribution in [-0.4, -0.2) is 41.5 Å². The van der Waals surface area contributed by atoms with E-state index in [4.69, 9.17) is 0 Å². The van der Waals surface area contributed by atoms with Gasteiger partial charge in [-0.05, 0) is 37.3 Å². The first-order valence-corrected chi connectivity index (χ1v) is 9.38. The molecule has 0 saturated carbocycles. The van der Waals surface area contributed by atoms with Crippen molar-refractivity contribution >= 4 is 15.8 Å². The van der Waals surface area contributed by atoms with Gasteiger partial charge in [-0.2, -0.15) is 5.10 Å². The van der Waals surface area contributed by atoms with Gasteiger partial charge in [0.15, 0.2) is 5.82 Å². The second kappa shape index (κ2) is 7.76. The summed E-state index contributed by atoms with van der Waals surface area (Å²) in [4.78, 5) is -0.609. The number of rotatable bonds is 7. The maximum absolute atomic E-state index is 13.6. The van der Waals surface area contributed by atoms with E-state index in [2.05, 4.69) is 25.3 Å². The summed E-state index contributed by atoms with van der Waals surface area (Å²) in [5.74, 6) is -1.01. The minimum absolute atomic E-state index is 0.0269. The van der Waals surface area contributed by atoms with Crippen LogP contribution < -0.4 is 10.0 Å². The zero-order valence-electron chi connectivity index (χ0n) is 14.2. The Balaban J connectivity index is 1.54. The van der Waals surface area contributed by atoms with Gasteiger partial charge in [0.25, 0.3) is 0 Å². The number of aryl methyl sites for hydroxylation is 1. The summed E-state index contributed by atoms with van der Waals surface area (Å²) >= 11 is 0. The monoisotopic (exact) mass is 394 g/mol. The summed E-state index contributed by atoms with van der Waals surface area (Å²) in [6.45, 7) is 2.02. The van der Waals surface area contributed by atoms with Crippen molar-refractivity contribution in [3.8, 4) is 5.82 Å². The fraction of sp³-hybridized carbons (Fsp3) is 0.188. The van der Waals surface area contributed by atoms with Gasteiger partial charge in [0.1, 0.15) is 22.3 Å². The van der Waals surface area contributed by atoms with Crippen molar-refractivity contribution in [2.75, 3.05) is 18.4 Å². The van der Waals surface area contributed by atoms with Crippen LogP contribution in [0.2, 0.25) is 0 Å². The molecule has 0 spiro atoms. The Morgan fingerprint density at radius 1 is 1.07 bits per heavy atom. The van der Waals surface area contributed by atoms with Gasteiger partial charge in [0, 0.05) is 25.4 Å². The molecule has 0 saturated heterocycles. The van der Waals surface area contributed by atoms with Crippen molar-refractivity contribution in [1.29, 1.82) is 0 Å². The third-order valence-electron chi connectivity index (χ3n) is 3.51. The molecule has 8 nitrogen and oxygen atoms in total. The summed E-state index contributed by atoms with van der Waals surface area (Å²) < 4.78 is 54.4. The van der Waals surface area contributed by atoms with E-state index in [0.717, 1.165) is 17.8 Å². The molecule has 1 aromatic carbocycles. The smallest absolute Gasteiger partial charge is 0.243 e. The van der Waals surface area contributed by atoms with Crippen molar-refractivity contribution in [3.05, 3.63) is 59.9 Å². The highest BCUT2D eigenvalue weighted by Gasteiger charge is 2.18. The van der Waals surface area contributed by atoms with E-state index in [0.29, 0.717) is 17.7 Å². The van der Waals surface area contributed by atoms with Crippen molar-refractivity contribution in [2.45, 2.75) is 11.8 Å². The van der Waals surface area contributed by atoms with Gasteiger partial charge >= 0.3 is 0 Å². The van der Waals surface area contributed by atoms with Crippen LogP contribution in [0, 0.1) is 18.6 Å². The summed E-state index contributed by atoms with van der Waals surface area (Å²) in [5, 5.41) is 15.1. The van der Waals surface area contributed by atoms with E-state index in [1.807, 2.05) is 13.0 Å². The molecule has 0 amide bonds. The largest absolute Gasteiger partial charge is 0.367 e. The molecule has 0 bridgehead atoms. The van der Waals surface area contributed by atoms with Gasteiger partial charge in [-0.15, -0.1) is 10.2 Å². The summed E-state index contributed by atoms with van der Waals surface area (Å²) in [6, 6.07) is 7.50. The first kappa shape index (κ1) is 18.9. The van der Waals surface area contributed by atoms with E-state index >= 15 is 0 Å². The minimum atomic E-state index is -4.08. The SMILES string of the molecule is Cc1ccn(-c2ccc(NCCNS(=O)(=O)c3ccc(F)cc3F)nn2)n1. The number of hydrogen-bond donors (Lipinski definition) is 2. The van der Waals surface area contributed by atoms with Crippen LogP contribution in [0.5, 0.6) is 0 Å². The number of aromatic nitrogens is 4. The molecule has 0 fully saturated rings. The molecule has 0 atom stereocenters. The van der Waals surface area contributed by atoms with Gasteiger partial charge in [0.05, 0.1) is 5.69 Å². The van der Waals surface area contributed by atoms with Crippen LogP contribution >= 0.6 is 0 Å². The van der Waals surface area contributed by atoms with E-state index in [9.17, 15) is 17.2 Å². The van der Waals surface area contributed by atoms with Crippen molar-refractivity contribution < 1.29 is 17.2 Å². The maximum Gasteiger partial charge on any atom is 0.243 e. The molecule has 0 radical (unpaired) electrons. The lowest BCUT2D eigenvalue weighted by atomic mass is 10.3. The highest BCUT2D eigenvalue weighted by atomic mass is 32.2. The Kier molecular flexibility index (Phi) is 5.42.